The summed E-state index contributed by atoms with van der Waals surface area (Å²) < 4.78 is 7.74. The van der Waals surface area contributed by atoms with Crippen molar-refractivity contribution in [2.45, 2.75) is 12.6 Å². The highest BCUT2D eigenvalue weighted by molar-refractivity contribution is 5.83. The molecule has 1 atom stereocenters. The van der Waals surface area contributed by atoms with E-state index in [9.17, 15) is 0 Å². The van der Waals surface area contributed by atoms with E-state index in [4.69, 9.17) is 16.2 Å². The first-order valence-corrected chi connectivity index (χ1v) is 9.10. The van der Waals surface area contributed by atoms with Crippen LogP contribution in [-0.2, 0) is 5.66 Å². The number of nitrogens with zero attached hydrogens (tertiary/aromatic N) is 4. The maximum absolute atomic E-state index is 6.73. The minimum atomic E-state index is -1.03. The predicted octanol–water partition coefficient (Wildman–Crippen LogP) is 3.03. The van der Waals surface area contributed by atoms with Crippen molar-refractivity contribution in [3.05, 3.63) is 77.7 Å². The first kappa shape index (κ1) is 17.2. The number of hydrogen-bond acceptors (Lipinski definition) is 7. The van der Waals surface area contributed by atoms with Crippen LogP contribution in [0.1, 0.15) is 16.7 Å². The van der Waals surface area contributed by atoms with Gasteiger partial charge in [0.15, 0.2) is 11.3 Å². The number of aromatic nitrogens is 3. The maximum Gasteiger partial charge on any atom is 0.163 e. The Morgan fingerprint density at radius 3 is 2.86 bits per heavy atom. The van der Waals surface area contributed by atoms with Gasteiger partial charge in [-0.05, 0) is 54.4 Å². The molecule has 1 unspecified atom stereocenters. The Labute approximate surface area is 166 Å². The average Bonchev–Trinajstić information content (AvgIpc) is 3.18. The molecule has 0 radical (unpaired) electrons. The fourth-order valence-electron chi connectivity index (χ4n) is 3.49. The Bertz CT molecular complexity index is 1260. The third kappa shape index (κ3) is 2.86. The molecule has 2 aromatic heterocycles. The lowest BCUT2D eigenvalue weighted by Crippen LogP contribution is -2.39. The number of aliphatic imine (C=N–C) groups is 1. The fourth-order valence-corrected chi connectivity index (χ4v) is 3.49. The van der Waals surface area contributed by atoms with Gasteiger partial charge in [-0.2, -0.15) is 5.10 Å². The number of rotatable bonds is 3. The summed E-state index contributed by atoms with van der Waals surface area (Å²) in [5.41, 5.74) is 16.5. The molecule has 5 N–H and O–H groups in total. The van der Waals surface area contributed by atoms with Crippen LogP contribution in [0.4, 0.5) is 11.4 Å². The van der Waals surface area contributed by atoms with E-state index in [1.54, 1.807) is 17.1 Å². The Morgan fingerprint density at radius 2 is 2.00 bits per heavy atom. The van der Waals surface area contributed by atoms with E-state index in [1.165, 1.54) is 6.33 Å². The highest BCUT2D eigenvalue weighted by atomic mass is 16.5. The maximum atomic E-state index is 6.73. The summed E-state index contributed by atoms with van der Waals surface area (Å²) in [7, 11) is 0. The zero-order valence-corrected chi connectivity index (χ0v) is 15.7. The van der Waals surface area contributed by atoms with Gasteiger partial charge in [-0.25, -0.2) is 14.5 Å². The van der Waals surface area contributed by atoms with Crippen LogP contribution in [0.5, 0.6) is 11.5 Å². The van der Waals surface area contributed by atoms with Crippen LogP contribution in [0.25, 0.3) is 5.65 Å². The van der Waals surface area contributed by atoms with Gasteiger partial charge in [0, 0.05) is 29.2 Å². The number of pyridine rings is 1. The monoisotopic (exact) mass is 385 g/mol. The van der Waals surface area contributed by atoms with Gasteiger partial charge in [-0.15, -0.1) is 0 Å². The lowest BCUT2D eigenvalue weighted by Gasteiger charge is -2.32. The van der Waals surface area contributed by atoms with Crippen LogP contribution in [0.3, 0.4) is 0 Å². The summed E-state index contributed by atoms with van der Waals surface area (Å²) in [5.74, 6) is 1.41. The molecule has 0 saturated heterocycles. The number of anilines is 2. The van der Waals surface area contributed by atoms with Gasteiger partial charge in [0.25, 0.3) is 0 Å². The van der Waals surface area contributed by atoms with E-state index in [0.717, 1.165) is 33.8 Å². The standard InChI is InChI=1S/C21H19N7O/c1-13-8-14(21(23)17-9-15(22)3-4-18(17)24-11-26-21)2-5-19(13)29-16-6-7-28-20(10-16)25-12-27-28/h2-12H,22-23H2,1H3,(H,24,26). The molecule has 2 aromatic carbocycles. The number of nitrogens with two attached hydrogens (primary N) is 2. The minimum absolute atomic E-state index is 0.637. The molecule has 3 heterocycles. The minimum Gasteiger partial charge on any atom is -0.457 e. The first-order valence-electron chi connectivity index (χ1n) is 9.10. The van der Waals surface area contributed by atoms with Crippen LogP contribution >= 0.6 is 0 Å². The van der Waals surface area contributed by atoms with E-state index < -0.39 is 5.66 Å². The van der Waals surface area contributed by atoms with Crippen molar-refractivity contribution in [2.75, 3.05) is 11.1 Å². The van der Waals surface area contributed by atoms with E-state index in [-0.39, 0.29) is 0 Å². The highest BCUT2D eigenvalue weighted by Crippen LogP contribution is 2.38. The molecule has 0 saturated carbocycles. The molecule has 0 spiro atoms. The number of ether oxygens (including phenoxy) is 1. The number of fused-ring (bicyclic) bond motifs is 2. The molecule has 0 fully saturated rings. The molecule has 144 valence electrons. The molecule has 8 nitrogen and oxygen atoms in total. The number of nitrogens with one attached hydrogen (secondary N) is 1. The van der Waals surface area contributed by atoms with Gasteiger partial charge >= 0.3 is 0 Å². The van der Waals surface area contributed by atoms with E-state index >= 15 is 0 Å². The third-order valence-corrected chi connectivity index (χ3v) is 5.04. The summed E-state index contributed by atoms with van der Waals surface area (Å²) in [6.45, 7) is 1.98. The number of aryl methyl sites for hydroxylation is 1. The number of hydrogen-bond donors (Lipinski definition) is 3. The second-order valence-electron chi connectivity index (χ2n) is 6.98. The molecule has 5 rings (SSSR count). The van der Waals surface area contributed by atoms with Crippen molar-refractivity contribution >= 4 is 23.4 Å². The van der Waals surface area contributed by atoms with Gasteiger partial charge in [-0.1, -0.05) is 6.07 Å². The second kappa shape index (κ2) is 6.32. The van der Waals surface area contributed by atoms with Crippen molar-refractivity contribution in [2.24, 2.45) is 10.7 Å². The molecule has 29 heavy (non-hydrogen) atoms. The summed E-state index contributed by atoms with van der Waals surface area (Å²) in [6, 6.07) is 15.1. The van der Waals surface area contributed by atoms with Gasteiger partial charge in [0.2, 0.25) is 0 Å². The zero-order chi connectivity index (χ0) is 20.0. The summed E-state index contributed by atoms with van der Waals surface area (Å²) in [4.78, 5) is 8.70. The van der Waals surface area contributed by atoms with Crippen LogP contribution in [0.15, 0.2) is 66.0 Å². The SMILES string of the molecule is Cc1cc(C2(N)N=CNc3ccc(N)cc32)ccc1Oc1ccn2ncnc2c1. The lowest BCUT2D eigenvalue weighted by molar-refractivity contribution is 0.476. The molecule has 0 amide bonds. The molecule has 1 aliphatic rings. The van der Waals surface area contributed by atoms with E-state index in [2.05, 4.69) is 20.4 Å². The summed E-state index contributed by atoms with van der Waals surface area (Å²) in [5, 5.41) is 7.21. The van der Waals surface area contributed by atoms with Crippen molar-refractivity contribution in [1.29, 1.82) is 0 Å². The zero-order valence-electron chi connectivity index (χ0n) is 15.7. The number of nitrogen functional groups attached to an aromatic ring is 1. The van der Waals surface area contributed by atoms with Crippen molar-refractivity contribution in [1.82, 2.24) is 14.6 Å². The lowest BCUT2D eigenvalue weighted by atomic mass is 9.89. The van der Waals surface area contributed by atoms with Crippen molar-refractivity contribution < 1.29 is 4.74 Å². The molecule has 4 aromatic rings. The van der Waals surface area contributed by atoms with Gasteiger partial charge in [-0.3, -0.25) is 5.73 Å². The van der Waals surface area contributed by atoms with E-state index in [1.807, 2.05) is 55.5 Å². The highest BCUT2D eigenvalue weighted by Gasteiger charge is 2.33. The fraction of sp³-hybridized carbons (Fsp3) is 0.0952. The number of benzene rings is 2. The predicted molar refractivity (Wildman–Crippen MR) is 112 cm³/mol. The van der Waals surface area contributed by atoms with Crippen LogP contribution < -0.4 is 21.5 Å². The molecule has 0 aliphatic carbocycles. The average molecular weight is 385 g/mol. The van der Waals surface area contributed by atoms with Gasteiger partial charge in [0.1, 0.15) is 17.8 Å². The molecule has 1 aliphatic heterocycles. The second-order valence-corrected chi connectivity index (χ2v) is 6.98. The third-order valence-electron chi connectivity index (χ3n) is 5.04. The van der Waals surface area contributed by atoms with Gasteiger partial charge in [0.05, 0.1) is 6.34 Å². The smallest absolute Gasteiger partial charge is 0.163 e. The summed E-state index contributed by atoms with van der Waals surface area (Å²) in [6.07, 6.45) is 4.93. The normalized spacial score (nSPS) is 17.7. The Balaban J connectivity index is 1.50. The molecular formula is C21H19N7O. The van der Waals surface area contributed by atoms with Crippen LogP contribution in [-0.4, -0.2) is 20.9 Å². The topological polar surface area (TPSA) is 116 Å². The largest absolute Gasteiger partial charge is 0.457 e. The van der Waals surface area contributed by atoms with Crippen LogP contribution in [0.2, 0.25) is 0 Å². The molecule has 0 bridgehead atoms. The first-order chi connectivity index (χ1) is 14.0. The van der Waals surface area contributed by atoms with Crippen molar-refractivity contribution in [3.8, 4) is 11.5 Å². The Kier molecular flexibility index (Phi) is 3.75. The summed E-state index contributed by atoms with van der Waals surface area (Å²) >= 11 is 0. The quantitative estimate of drug-likeness (QED) is 0.467. The van der Waals surface area contributed by atoms with Gasteiger partial charge < -0.3 is 15.8 Å². The molecule has 8 heteroatoms. The van der Waals surface area contributed by atoms with Crippen LogP contribution in [0, 0.1) is 6.92 Å². The van der Waals surface area contributed by atoms with E-state index in [0.29, 0.717) is 11.4 Å². The molecular weight excluding hydrogens is 366 g/mol. The Hall–Kier alpha value is -3.91. The van der Waals surface area contributed by atoms with Crippen molar-refractivity contribution in [3.63, 3.8) is 0 Å². The Morgan fingerprint density at radius 1 is 1.10 bits per heavy atom.